The van der Waals surface area contributed by atoms with Crippen molar-refractivity contribution >= 4 is 34.2 Å². The molecule has 2 aromatic rings. The van der Waals surface area contributed by atoms with Crippen molar-refractivity contribution in [3.63, 3.8) is 0 Å². The van der Waals surface area contributed by atoms with Crippen molar-refractivity contribution in [1.82, 2.24) is 14.9 Å². The minimum absolute atomic E-state index is 0.126. The van der Waals surface area contributed by atoms with Crippen molar-refractivity contribution in [3.05, 3.63) is 28.0 Å². The fraction of sp³-hybridized carbons (Fsp3) is 0.562. The second-order valence-corrected chi connectivity index (χ2v) is 7.03. The van der Waals surface area contributed by atoms with Crippen LogP contribution in [0.15, 0.2) is 12.1 Å². The summed E-state index contributed by atoms with van der Waals surface area (Å²) in [5.41, 5.74) is 1.33. The highest BCUT2D eigenvalue weighted by Gasteiger charge is 2.26. The van der Waals surface area contributed by atoms with E-state index in [4.69, 9.17) is 23.2 Å². The molecule has 0 spiro atoms. The first kappa shape index (κ1) is 17.9. The summed E-state index contributed by atoms with van der Waals surface area (Å²) in [6.45, 7) is 0.856. The summed E-state index contributed by atoms with van der Waals surface area (Å²) >= 11 is 12.1. The zero-order valence-corrected chi connectivity index (χ0v) is 14.6. The van der Waals surface area contributed by atoms with Crippen LogP contribution in [0, 0.1) is 0 Å². The maximum absolute atomic E-state index is 10.5. The third-order valence-corrected chi connectivity index (χ3v) is 5.20. The van der Waals surface area contributed by atoms with Gasteiger partial charge >= 0.3 is 0 Å². The SMILES string of the molecule is OCc1nc2cc(Cl)c(Cl)cc2n1CC(O)C[C@H]1NCCC[C@@H]1O. The minimum Gasteiger partial charge on any atom is -0.392 e. The van der Waals surface area contributed by atoms with Crippen LogP contribution in [0.5, 0.6) is 0 Å². The average molecular weight is 374 g/mol. The largest absolute Gasteiger partial charge is 0.392 e. The molecule has 0 amide bonds. The van der Waals surface area contributed by atoms with E-state index >= 15 is 0 Å². The lowest BCUT2D eigenvalue weighted by atomic mass is 9.96. The standard InChI is InChI=1S/C16H21Cl2N3O3/c17-10-5-12-14(6-11(10)18)21(16(8-22)20-12)7-9(23)4-13-15(24)2-1-3-19-13/h5-6,9,13,15,19,22-24H,1-4,7-8H2/t9?,13-,15+/m1/s1. The Hall–Kier alpha value is -0.890. The van der Waals surface area contributed by atoms with E-state index < -0.39 is 12.2 Å². The van der Waals surface area contributed by atoms with Gasteiger partial charge in [0.25, 0.3) is 0 Å². The van der Waals surface area contributed by atoms with Crippen LogP contribution in [0.4, 0.5) is 0 Å². The molecule has 24 heavy (non-hydrogen) atoms. The predicted octanol–water partition coefficient (Wildman–Crippen LogP) is 1.70. The van der Waals surface area contributed by atoms with E-state index in [1.807, 2.05) is 0 Å². The van der Waals surface area contributed by atoms with Gasteiger partial charge in [-0.05, 0) is 37.9 Å². The van der Waals surface area contributed by atoms with Crippen molar-refractivity contribution in [2.24, 2.45) is 0 Å². The first-order valence-corrected chi connectivity index (χ1v) is 8.79. The van der Waals surface area contributed by atoms with Crippen molar-refractivity contribution < 1.29 is 15.3 Å². The number of piperidine rings is 1. The monoisotopic (exact) mass is 373 g/mol. The van der Waals surface area contributed by atoms with Gasteiger partial charge in [-0.2, -0.15) is 0 Å². The van der Waals surface area contributed by atoms with Crippen LogP contribution in [-0.4, -0.2) is 49.7 Å². The number of aromatic nitrogens is 2. The average Bonchev–Trinajstić information content (AvgIpc) is 2.87. The normalized spacial score (nSPS) is 22.9. The number of imidazole rings is 1. The van der Waals surface area contributed by atoms with Crippen molar-refractivity contribution in [2.75, 3.05) is 6.54 Å². The second kappa shape index (κ2) is 7.56. The summed E-state index contributed by atoms with van der Waals surface area (Å²) in [6, 6.07) is 3.21. The summed E-state index contributed by atoms with van der Waals surface area (Å²) in [7, 11) is 0. The summed E-state index contributed by atoms with van der Waals surface area (Å²) in [5.74, 6) is 0.444. The molecule has 1 fully saturated rings. The minimum atomic E-state index is -0.688. The lowest BCUT2D eigenvalue weighted by Gasteiger charge is -2.30. The van der Waals surface area contributed by atoms with Gasteiger partial charge < -0.3 is 25.2 Å². The van der Waals surface area contributed by atoms with E-state index in [2.05, 4.69) is 10.3 Å². The topological polar surface area (TPSA) is 90.5 Å². The molecule has 1 aliphatic rings. The molecule has 1 saturated heterocycles. The molecule has 2 heterocycles. The molecular weight excluding hydrogens is 353 g/mol. The predicted molar refractivity (Wildman–Crippen MR) is 93.3 cm³/mol. The number of aliphatic hydroxyl groups is 3. The Labute approximate surface area is 150 Å². The first-order chi connectivity index (χ1) is 11.5. The molecule has 6 nitrogen and oxygen atoms in total. The lowest BCUT2D eigenvalue weighted by molar-refractivity contribution is 0.0540. The first-order valence-electron chi connectivity index (χ1n) is 8.04. The van der Waals surface area contributed by atoms with E-state index in [0.717, 1.165) is 19.4 Å². The molecule has 1 aromatic carbocycles. The van der Waals surface area contributed by atoms with Crippen LogP contribution >= 0.6 is 23.2 Å². The Morgan fingerprint density at radius 2 is 2.08 bits per heavy atom. The van der Waals surface area contributed by atoms with Gasteiger partial charge in [0.2, 0.25) is 0 Å². The van der Waals surface area contributed by atoms with Gasteiger partial charge in [-0.15, -0.1) is 0 Å². The van der Waals surface area contributed by atoms with Crippen LogP contribution in [0.2, 0.25) is 10.0 Å². The van der Waals surface area contributed by atoms with Crippen molar-refractivity contribution in [3.8, 4) is 0 Å². The molecule has 0 saturated carbocycles. The molecule has 3 rings (SSSR count). The van der Waals surface area contributed by atoms with E-state index in [0.29, 0.717) is 33.3 Å². The number of hydrogen-bond acceptors (Lipinski definition) is 5. The van der Waals surface area contributed by atoms with Gasteiger partial charge in [0.15, 0.2) is 0 Å². The third kappa shape index (κ3) is 3.69. The molecule has 1 unspecified atom stereocenters. The Morgan fingerprint density at radius 3 is 2.79 bits per heavy atom. The number of rotatable bonds is 5. The summed E-state index contributed by atoms with van der Waals surface area (Å²) in [4.78, 5) is 4.34. The summed E-state index contributed by atoms with van der Waals surface area (Å²) in [6.07, 6.45) is 0.973. The van der Waals surface area contributed by atoms with Crippen LogP contribution in [0.3, 0.4) is 0 Å². The van der Waals surface area contributed by atoms with Gasteiger partial charge in [-0.3, -0.25) is 0 Å². The van der Waals surface area contributed by atoms with Gasteiger partial charge in [-0.1, -0.05) is 23.2 Å². The van der Waals surface area contributed by atoms with Crippen LogP contribution in [-0.2, 0) is 13.2 Å². The molecule has 8 heteroatoms. The second-order valence-electron chi connectivity index (χ2n) is 6.21. The molecule has 0 aliphatic carbocycles. The Bertz CT molecular complexity index is 722. The highest BCUT2D eigenvalue weighted by molar-refractivity contribution is 6.42. The number of hydrogen-bond donors (Lipinski definition) is 4. The van der Waals surface area contributed by atoms with Crippen LogP contribution in [0.1, 0.15) is 25.1 Å². The van der Waals surface area contributed by atoms with E-state index in [-0.39, 0.29) is 19.2 Å². The summed E-state index contributed by atoms with van der Waals surface area (Å²) < 4.78 is 1.75. The number of nitrogens with one attached hydrogen (secondary N) is 1. The van der Waals surface area contributed by atoms with E-state index in [1.54, 1.807) is 16.7 Å². The zero-order valence-electron chi connectivity index (χ0n) is 13.1. The number of nitrogens with zero attached hydrogens (tertiary/aromatic N) is 2. The molecule has 3 atom stereocenters. The quantitative estimate of drug-likeness (QED) is 0.640. The third-order valence-electron chi connectivity index (χ3n) is 4.48. The number of benzene rings is 1. The van der Waals surface area contributed by atoms with Gasteiger partial charge in [0.1, 0.15) is 12.4 Å². The maximum atomic E-state index is 10.5. The molecule has 1 aliphatic heterocycles. The molecule has 0 bridgehead atoms. The molecule has 0 radical (unpaired) electrons. The van der Waals surface area contributed by atoms with Gasteiger partial charge in [0, 0.05) is 6.04 Å². The summed E-state index contributed by atoms with van der Waals surface area (Å²) in [5, 5.41) is 34.1. The van der Waals surface area contributed by atoms with E-state index in [1.165, 1.54) is 0 Å². The van der Waals surface area contributed by atoms with Crippen molar-refractivity contribution in [2.45, 2.75) is 50.7 Å². The maximum Gasteiger partial charge on any atom is 0.135 e. The number of fused-ring (bicyclic) bond motifs is 1. The zero-order chi connectivity index (χ0) is 17.3. The van der Waals surface area contributed by atoms with Gasteiger partial charge in [0.05, 0.1) is 39.8 Å². The molecule has 1 aromatic heterocycles. The van der Waals surface area contributed by atoms with Crippen molar-refractivity contribution in [1.29, 1.82) is 0 Å². The molecule has 132 valence electrons. The highest BCUT2D eigenvalue weighted by atomic mass is 35.5. The Balaban J connectivity index is 1.81. The lowest BCUT2D eigenvalue weighted by Crippen LogP contribution is -2.47. The number of halogens is 2. The van der Waals surface area contributed by atoms with Crippen LogP contribution < -0.4 is 5.32 Å². The smallest absolute Gasteiger partial charge is 0.135 e. The highest BCUT2D eigenvalue weighted by Crippen LogP contribution is 2.29. The molecular formula is C16H21Cl2N3O3. The molecule has 4 N–H and O–H groups in total. The van der Waals surface area contributed by atoms with Gasteiger partial charge in [-0.25, -0.2) is 4.98 Å². The Morgan fingerprint density at radius 1 is 1.33 bits per heavy atom. The number of aliphatic hydroxyl groups excluding tert-OH is 3. The van der Waals surface area contributed by atoms with Crippen LogP contribution in [0.25, 0.3) is 11.0 Å². The fourth-order valence-corrected chi connectivity index (χ4v) is 3.56. The van der Waals surface area contributed by atoms with E-state index in [9.17, 15) is 15.3 Å². The fourth-order valence-electron chi connectivity index (χ4n) is 3.25. The Kier molecular flexibility index (Phi) is 5.64.